The highest BCUT2D eigenvalue weighted by molar-refractivity contribution is 5.95. The van der Waals surface area contributed by atoms with Crippen LogP contribution in [0.5, 0.6) is 0 Å². The molecule has 0 saturated carbocycles. The predicted molar refractivity (Wildman–Crippen MR) is 76.4 cm³/mol. The lowest BCUT2D eigenvalue weighted by Gasteiger charge is -2.22. The average Bonchev–Trinajstić information content (AvgIpc) is 2.49. The number of rotatable bonds is 10. The van der Waals surface area contributed by atoms with Gasteiger partial charge < -0.3 is 14.2 Å². The highest BCUT2D eigenvalue weighted by Gasteiger charge is 2.37. The highest BCUT2D eigenvalue weighted by Crippen LogP contribution is 2.24. The van der Waals surface area contributed by atoms with Crippen LogP contribution < -0.4 is 0 Å². The molecule has 0 aromatic rings. The summed E-state index contributed by atoms with van der Waals surface area (Å²) in [6.45, 7) is 6.02. The monoisotopic (exact) mass is 302 g/mol. The van der Waals surface area contributed by atoms with Crippen LogP contribution in [0, 0.1) is 11.8 Å². The first-order chi connectivity index (χ1) is 10.0. The third-order valence-corrected chi connectivity index (χ3v) is 3.06. The molecule has 0 unspecified atom stereocenters. The predicted octanol–water partition coefficient (Wildman–Crippen LogP) is 2.10. The minimum atomic E-state index is -1.08. The van der Waals surface area contributed by atoms with E-state index in [1.54, 1.807) is 6.92 Å². The normalized spacial score (nSPS) is 11.9. The van der Waals surface area contributed by atoms with Gasteiger partial charge in [-0.3, -0.25) is 14.4 Å². The summed E-state index contributed by atoms with van der Waals surface area (Å²) in [6.07, 6.45) is 1.79. The van der Waals surface area contributed by atoms with Gasteiger partial charge in [0.1, 0.15) is 0 Å². The van der Waals surface area contributed by atoms with Crippen molar-refractivity contribution in [3.63, 3.8) is 0 Å². The molecule has 0 amide bonds. The molecule has 0 saturated heterocycles. The number of esters is 3. The Balaban J connectivity index is 5.00. The molecule has 0 aliphatic heterocycles. The van der Waals surface area contributed by atoms with Crippen molar-refractivity contribution in [3.8, 4) is 0 Å². The van der Waals surface area contributed by atoms with Gasteiger partial charge in [-0.2, -0.15) is 0 Å². The van der Waals surface area contributed by atoms with Crippen molar-refractivity contribution in [3.05, 3.63) is 0 Å². The fourth-order valence-electron chi connectivity index (χ4n) is 1.86. The fourth-order valence-corrected chi connectivity index (χ4v) is 1.86. The van der Waals surface area contributed by atoms with E-state index >= 15 is 0 Å². The van der Waals surface area contributed by atoms with Gasteiger partial charge in [-0.15, -0.1) is 0 Å². The third kappa shape index (κ3) is 7.11. The number of ether oxygens (including phenoxy) is 3. The first kappa shape index (κ1) is 19.4. The maximum Gasteiger partial charge on any atom is 0.320 e. The summed E-state index contributed by atoms with van der Waals surface area (Å²) in [6, 6.07) is 0. The van der Waals surface area contributed by atoms with Crippen LogP contribution in [0.4, 0.5) is 0 Å². The molecule has 0 aromatic carbocycles. The minimum Gasteiger partial charge on any atom is -0.469 e. The Kier molecular flexibility index (Phi) is 10.3. The van der Waals surface area contributed by atoms with Crippen LogP contribution in [0.2, 0.25) is 0 Å². The maximum atomic E-state index is 12.1. The SMILES string of the molecule is CCCOC(=O)C(C(=O)OCCC)[C@H](CC)CC(=O)OC. The lowest BCUT2D eigenvalue weighted by Crippen LogP contribution is -2.35. The minimum absolute atomic E-state index is 0.0138. The number of hydrogen-bond donors (Lipinski definition) is 0. The second-order valence-electron chi connectivity index (χ2n) is 4.76. The van der Waals surface area contributed by atoms with Crippen LogP contribution >= 0.6 is 0 Å². The summed E-state index contributed by atoms with van der Waals surface area (Å²) in [5, 5.41) is 0. The smallest absolute Gasteiger partial charge is 0.320 e. The molecule has 6 heteroatoms. The first-order valence-electron chi connectivity index (χ1n) is 7.41. The van der Waals surface area contributed by atoms with E-state index in [0.717, 1.165) is 0 Å². The standard InChI is InChI=1S/C15H26O6/c1-5-8-20-14(17)13(15(18)21-9-6-2)11(7-3)10-12(16)19-4/h11,13H,5-10H2,1-4H3/t11-/m1/s1. The van der Waals surface area contributed by atoms with Gasteiger partial charge in [0.05, 0.1) is 20.3 Å². The van der Waals surface area contributed by atoms with Crippen molar-refractivity contribution in [1.82, 2.24) is 0 Å². The van der Waals surface area contributed by atoms with Crippen LogP contribution in [0.3, 0.4) is 0 Å². The number of carbonyl (C=O) groups is 3. The van der Waals surface area contributed by atoms with E-state index in [0.29, 0.717) is 19.3 Å². The largest absolute Gasteiger partial charge is 0.469 e. The van der Waals surface area contributed by atoms with Crippen molar-refractivity contribution in [2.45, 2.75) is 46.5 Å². The third-order valence-electron chi connectivity index (χ3n) is 3.06. The van der Waals surface area contributed by atoms with E-state index in [2.05, 4.69) is 4.74 Å². The van der Waals surface area contributed by atoms with Gasteiger partial charge in [-0.25, -0.2) is 0 Å². The van der Waals surface area contributed by atoms with E-state index in [1.165, 1.54) is 7.11 Å². The van der Waals surface area contributed by atoms with Gasteiger partial charge in [0.2, 0.25) is 0 Å². The van der Waals surface area contributed by atoms with Gasteiger partial charge in [-0.1, -0.05) is 27.2 Å². The summed E-state index contributed by atoms with van der Waals surface area (Å²) >= 11 is 0. The zero-order valence-corrected chi connectivity index (χ0v) is 13.3. The van der Waals surface area contributed by atoms with Gasteiger partial charge in [0.15, 0.2) is 5.92 Å². The number of hydrogen-bond acceptors (Lipinski definition) is 6. The Morgan fingerprint density at radius 3 is 1.71 bits per heavy atom. The molecule has 0 bridgehead atoms. The molecule has 1 atom stereocenters. The molecule has 0 rings (SSSR count). The zero-order chi connectivity index (χ0) is 16.3. The summed E-state index contributed by atoms with van der Waals surface area (Å²) < 4.78 is 14.7. The average molecular weight is 302 g/mol. The van der Waals surface area contributed by atoms with Crippen LogP contribution in [-0.2, 0) is 28.6 Å². The second-order valence-corrected chi connectivity index (χ2v) is 4.76. The molecule has 0 heterocycles. The van der Waals surface area contributed by atoms with Crippen molar-refractivity contribution in [2.75, 3.05) is 20.3 Å². The topological polar surface area (TPSA) is 78.9 Å². The van der Waals surface area contributed by atoms with Gasteiger partial charge in [0, 0.05) is 6.42 Å². The lowest BCUT2D eigenvalue weighted by atomic mass is 9.87. The lowest BCUT2D eigenvalue weighted by molar-refractivity contribution is -0.165. The van der Waals surface area contributed by atoms with Gasteiger partial charge >= 0.3 is 17.9 Å². The summed E-state index contributed by atoms with van der Waals surface area (Å²) in [4.78, 5) is 35.6. The maximum absolute atomic E-state index is 12.1. The Morgan fingerprint density at radius 1 is 0.905 bits per heavy atom. The fraction of sp³-hybridized carbons (Fsp3) is 0.800. The van der Waals surface area contributed by atoms with Gasteiger partial charge in [0.25, 0.3) is 0 Å². The van der Waals surface area contributed by atoms with Crippen LogP contribution in [0.25, 0.3) is 0 Å². The molecule has 0 aliphatic rings. The van der Waals surface area contributed by atoms with E-state index < -0.39 is 29.7 Å². The van der Waals surface area contributed by atoms with Crippen molar-refractivity contribution >= 4 is 17.9 Å². The zero-order valence-electron chi connectivity index (χ0n) is 13.3. The second kappa shape index (κ2) is 11.1. The Labute approximate surface area is 126 Å². The molecule has 21 heavy (non-hydrogen) atoms. The molecular formula is C15H26O6. The van der Waals surface area contributed by atoms with Crippen molar-refractivity contribution in [2.24, 2.45) is 11.8 Å². The van der Waals surface area contributed by atoms with Crippen LogP contribution in [0.1, 0.15) is 46.5 Å². The molecule has 0 fully saturated rings. The van der Waals surface area contributed by atoms with Crippen LogP contribution in [0.15, 0.2) is 0 Å². The molecule has 0 N–H and O–H groups in total. The molecular weight excluding hydrogens is 276 g/mol. The van der Waals surface area contributed by atoms with Crippen molar-refractivity contribution in [1.29, 1.82) is 0 Å². The Hall–Kier alpha value is -1.59. The summed E-state index contributed by atoms with van der Waals surface area (Å²) in [5.41, 5.74) is 0. The highest BCUT2D eigenvalue weighted by atomic mass is 16.6. The van der Waals surface area contributed by atoms with Crippen LogP contribution in [-0.4, -0.2) is 38.2 Å². The molecule has 0 aromatic heterocycles. The Morgan fingerprint density at radius 2 is 1.38 bits per heavy atom. The summed E-state index contributed by atoms with van der Waals surface area (Å²) in [7, 11) is 1.27. The van der Waals surface area contributed by atoms with E-state index in [4.69, 9.17) is 9.47 Å². The van der Waals surface area contributed by atoms with Crippen molar-refractivity contribution < 1.29 is 28.6 Å². The number of methoxy groups -OCH3 is 1. The molecule has 6 nitrogen and oxygen atoms in total. The molecule has 0 spiro atoms. The van der Waals surface area contributed by atoms with E-state index in [1.807, 2.05) is 13.8 Å². The summed E-state index contributed by atoms with van der Waals surface area (Å²) in [5.74, 6) is -3.28. The molecule has 0 radical (unpaired) electrons. The molecule has 122 valence electrons. The number of carbonyl (C=O) groups excluding carboxylic acids is 3. The molecule has 0 aliphatic carbocycles. The first-order valence-corrected chi connectivity index (χ1v) is 7.41. The van der Waals surface area contributed by atoms with E-state index in [9.17, 15) is 14.4 Å². The van der Waals surface area contributed by atoms with E-state index in [-0.39, 0.29) is 19.6 Å². The Bertz CT molecular complexity index is 319. The quantitative estimate of drug-likeness (QED) is 0.349. The van der Waals surface area contributed by atoms with Gasteiger partial charge in [-0.05, 0) is 18.8 Å².